The van der Waals surface area contributed by atoms with Crippen LogP contribution in [0, 0.1) is 0 Å². The van der Waals surface area contributed by atoms with E-state index in [9.17, 15) is 18.0 Å². The first-order valence-corrected chi connectivity index (χ1v) is 7.74. The van der Waals surface area contributed by atoms with Crippen molar-refractivity contribution in [3.05, 3.63) is 35.8 Å². The van der Waals surface area contributed by atoms with E-state index in [0.29, 0.717) is 43.8 Å². The van der Waals surface area contributed by atoms with Crippen LogP contribution >= 0.6 is 0 Å². The fraction of sp³-hybridized carbons (Fsp3) is 0.533. The first-order valence-electron chi connectivity index (χ1n) is 7.74. The minimum absolute atomic E-state index is 0.145. The lowest BCUT2D eigenvalue weighted by molar-refractivity contribution is -0.141. The van der Waals surface area contributed by atoms with Gasteiger partial charge < -0.3 is 9.32 Å². The van der Waals surface area contributed by atoms with Crippen LogP contribution in [0.5, 0.6) is 0 Å². The maximum atomic E-state index is 12.6. The molecule has 1 aliphatic heterocycles. The molecule has 0 N–H and O–H groups in total. The van der Waals surface area contributed by atoms with Crippen LogP contribution in [0.4, 0.5) is 13.2 Å². The van der Waals surface area contributed by atoms with Crippen LogP contribution in [-0.4, -0.2) is 38.7 Å². The molecule has 1 aliphatic rings. The molecule has 0 unspecified atom stereocenters. The first-order chi connectivity index (χ1) is 11.4. The molecule has 2 aromatic heterocycles. The topological polar surface area (TPSA) is 64.2 Å². The Labute approximate surface area is 136 Å². The molecule has 6 nitrogen and oxygen atoms in total. The molecule has 0 bridgehead atoms. The van der Waals surface area contributed by atoms with E-state index < -0.39 is 11.9 Å². The van der Waals surface area contributed by atoms with Crippen molar-refractivity contribution in [2.45, 2.75) is 38.4 Å². The number of aromatic nitrogens is 3. The van der Waals surface area contributed by atoms with Crippen LogP contribution in [0.15, 0.2) is 23.1 Å². The number of alkyl halides is 3. The lowest BCUT2D eigenvalue weighted by atomic mass is 10.0. The molecule has 9 heteroatoms. The number of carbonyl (C=O) groups excluding carboxylic acids is 1. The largest absolute Gasteiger partial charge is 0.448 e. The van der Waals surface area contributed by atoms with Crippen LogP contribution in [-0.2, 0) is 12.6 Å². The van der Waals surface area contributed by atoms with E-state index in [-0.39, 0.29) is 11.9 Å². The van der Waals surface area contributed by atoms with Crippen molar-refractivity contribution in [1.29, 1.82) is 0 Å². The Kier molecular flexibility index (Phi) is 4.33. The SMILES string of the molecule is CCc1ocnc1C(=O)N1CCC(n2ccc(C(F)(F)F)n2)CC1. The van der Waals surface area contributed by atoms with Crippen molar-refractivity contribution < 1.29 is 22.4 Å². The van der Waals surface area contributed by atoms with E-state index in [1.807, 2.05) is 6.92 Å². The number of hydrogen-bond acceptors (Lipinski definition) is 4. The molecular formula is C15H17F3N4O2. The highest BCUT2D eigenvalue weighted by Gasteiger charge is 2.35. The van der Waals surface area contributed by atoms with E-state index in [0.717, 1.165) is 6.07 Å². The highest BCUT2D eigenvalue weighted by atomic mass is 19.4. The minimum Gasteiger partial charge on any atom is -0.448 e. The summed E-state index contributed by atoms with van der Waals surface area (Å²) in [6.07, 6.45) is -0.177. The van der Waals surface area contributed by atoms with Gasteiger partial charge in [-0.15, -0.1) is 0 Å². The van der Waals surface area contributed by atoms with E-state index in [1.54, 1.807) is 4.90 Å². The molecule has 0 radical (unpaired) electrons. The lowest BCUT2D eigenvalue weighted by Gasteiger charge is -2.31. The standard InChI is InChI=1S/C15H17F3N4O2/c1-2-11-13(19-9-24-11)14(23)21-6-3-10(4-7-21)22-8-5-12(20-22)15(16,17)18/h5,8-10H,2-4,6-7H2,1H3. The number of piperidine rings is 1. The van der Waals surface area contributed by atoms with E-state index >= 15 is 0 Å². The van der Waals surface area contributed by atoms with Crippen LogP contribution in [0.2, 0.25) is 0 Å². The van der Waals surface area contributed by atoms with Gasteiger partial charge in [-0.05, 0) is 18.9 Å². The van der Waals surface area contributed by atoms with Gasteiger partial charge in [0.1, 0.15) is 5.76 Å². The second-order valence-electron chi connectivity index (χ2n) is 5.68. The third-order valence-corrected chi connectivity index (χ3v) is 4.19. The summed E-state index contributed by atoms with van der Waals surface area (Å²) in [6.45, 7) is 2.76. The number of hydrogen-bond donors (Lipinski definition) is 0. The smallest absolute Gasteiger partial charge is 0.435 e. The molecule has 1 fully saturated rings. The van der Waals surface area contributed by atoms with E-state index in [2.05, 4.69) is 10.1 Å². The summed E-state index contributed by atoms with van der Waals surface area (Å²) >= 11 is 0. The van der Waals surface area contributed by atoms with Gasteiger partial charge in [0.15, 0.2) is 17.8 Å². The summed E-state index contributed by atoms with van der Waals surface area (Å²) < 4.78 is 44.4. The summed E-state index contributed by atoms with van der Waals surface area (Å²) in [6, 6.07) is 0.827. The molecule has 1 amide bonds. The van der Waals surface area contributed by atoms with Gasteiger partial charge in [0.2, 0.25) is 0 Å². The highest BCUT2D eigenvalue weighted by molar-refractivity contribution is 5.93. The van der Waals surface area contributed by atoms with Gasteiger partial charge in [-0.1, -0.05) is 6.92 Å². The number of aryl methyl sites for hydroxylation is 1. The van der Waals surface area contributed by atoms with Crippen molar-refractivity contribution in [2.75, 3.05) is 13.1 Å². The van der Waals surface area contributed by atoms with Gasteiger partial charge in [0, 0.05) is 25.7 Å². The second kappa shape index (κ2) is 6.29. The van der Waals surface area contributed by atoms with E-state index in [1.165, 1.54) is 17.3 Å². The number of nitrogens with zero attached hydrogens (tertiary/aromatic N) is 4. The Morgan fingerprint density at radius 3 is 2.67 bits per heavy atom. The van der Waals surface area contributed by atoms with Gasteiger partial charge in [-0.3, -0.25) is 9.48 Å². The molecule has 0 aliphatic carbocycles. The molecule has 2 aromatic rings. The number of oxazole rings is 1. The van der Waals surface area contributed by atoms with Gasteiger partial charge in [-0.2, -0.15) is 18.3 Å². The van der Waals surface area contributed by atoms with Crippen LogP contribution in [0.3, 0.4) is 0 Å². The molecular weight excluding hydrogens is 325 g/mol. The normalized spacial score (nSPS) is 16.6. The first kappa shape index (κ1) is 16.5. The fourth-order valence-electron chi connectivity index (χ4n) is 2.87. The molecule has 0 spiro atoms. The number of carbonyl (C=O) groups is 1. The molecule has 0 atom stereocenters. The average molecular weight is 342 g/mol. The zero-order valence-corrected chi connectivity index (χ0v) is 13.1. The summed E-state index contributed by atoms with van der Waals surface area (Å²) in [4.78, 5) is 18.1. The Hall–Kier alpha value is -2.32. The van der Waals surface area contributed by atoms with Crippen molar-refractivity contribution >= 4 is 5.91 Å². The summed E-state index contributed by atoms with van der Waals surface area (Å²) in [7, 11) is 0. The van der Waals surface area contributed by atoms with E-state index in [4.69, 9.17) is 4.42 Å². The third kappa shape index (κ3) is 3.15. The Balaban J connectivity index is 1.63. The number of likely N-dealkylation sites (tertiary alicyclic amines) is 1. The van der Waals surface area contributed by atoms with Crippen molar-refractivity contribution in [3.8, 4) is 0 Å². The molecule has 3 rings (SSSR count). The average Bonchev–Trinajstić information content (AvgIpc) is 3.23. The predicted octanol–water partition coefficient (Wildman–Crippen LogP) is 2.93. The van der Waals surface area contributed by atoms with Crippen LogP contribution < -0.4 is 0 Å². The van der Waals surface area contributed by atoms with Gasteiger partial charge >= 0.3 is 6.18 Å². The molecule has 1 saturated heterocycles. The zero-order valence-electron chi connectivity index (χ0n) is 13.1. The molecule has 24 heavy (non-hydrogen) atoms. The van der Waals surface area contributed by atoms with Crippen LogP contribution in [0.1, 0.15) is 47.7 Å². The highest BCUT2D eigenvalue weighted by Crippen LogP contribution is 2.30. The number of rotatable bonds is 3. The van der Waals surface area contributed by atoms with Gasteiger partial charge in [0.05, 0.1) is 6.04 Å². The number of amides is 1. The quantitative estimate of drug-likeness (QED) is 0.860. The van der Waals surface area contributed by atoms with Crippen molar-refractivity contribution in [3.63, 3.8) is 0 Å². The summed E-state index contributed by atoms with van der Waals surface area (Å²) in [5, 5.41) is 3.61. The Morgan fingerprint density at radius 1 is 1.38 bits per heavy atom. The minimum atomic E-state index is -4.44. The Bertz CT molecular complexity index is 714. The maximum absolute atomic E-state index is 12.6. The van der Waals surface area contributed by atoms with Gasteiger partial charge in [-0.25, -0.2) is 4.98 Å². The fourth-order valence-corrected chi connectivity index (χ4v) is 2.87. The zero-order chi connectivity index (χ0) is 17.3. The molecule has 3 heterocycles. The maximum Gasteiger partial charge on any atom is 0.435 e. The molecule has 0 saturated carbocycles. The molecule has 0 aromatic carbocycles. The Morgan fingerprint density at radius 2 is 2.08 bits per heavy atom. The summed E-state index contributed by atoms with van der Waals surface area (Å²) in [5.41, 5.74) is -0.578. The second-order valence-corrected chi connectivity index (χ2v) is 5.68. The van der Waals surface area contributed by atoms with Crippen LogP contribution in [0.25, 0.3) is 0 Å². The van der Waals surface area contributed by atoms with Gasteiger partial charge in [0.25, 0.3) is 5.91 Å². The lowest BCUT2D eigenvalue weighted by Crippen LogP contribution is -2.39. The third-order valence-electron chi connectivity index (χ3n) is 4.19. The van der Waals surface area contributed by atoms with Crippen molar-refractivity contribution in [1.82, 2.24) is 19.7 Å². The molecule has 130 valence electrons. The van der Waals surface area contributed by atoms with Crippen molar-refractivity contribution in [2.24, 2.45) is 0 Å². The monoisotopic (exact) mass is 342 g/mol. The summed E-state index contributed by atoms with van der Waals surface area (Å²) in [5.74, 6) is 0.347. The number of halogens is 3. The predicted molar refractivity (Wildman–Crippen MR) is 77.3 cm³/mol.